The lowest BCUT2D eigenvalue weighted by atomic mass is 10.1. The van der Waals surface area contributed by atoms with Crippen molar-refractivity contribution in [3.8, 4) is 0 Å². The van der Waals surface area contributed by atoms with E-state index in [1.807, 2.05) is 26.0 Å². The van der Waals surface area contributed by atoms with Crippen LogP contribution in [-0.4, -0.2) is 24.5 Å². The maximum Gasteiger partial charge on any atom is 0.0314 e. The fraction of sp³-hybridized carbons (Fsp3) is 0.600. The first-order chi connectivity index (χ1) is 8.24. The van der Waals surface area contributed by atoms with Gasteiger partial charge in [0, 0.05) is 20.2 Å². The van der Waals surface area contributed by atoms with Crippen LogP contribution in [0.1, 0.15) is 34.2 Å². The van der Waals surface area contributed by atoms with Crippen molar-refractivity contribution in [2.75, 3.05) is 25.4 Å². The van der Waals surface area contributed by atoms with Crippen molar-refractivity contribution in [3.63, 3.8) is 0 Å². The molecule has 0 aromatic heterocycles. The van der Waals surface area contributed by atoms with Gasteiger partial charge >= 0.3 is 0 Å². The number of anilines is 1. The van der Waals surface area contributed by atoms with Gasteiger partial charge in [0.25, 0.3) is 0 Å². The molecule has 1 heterocycles. The summed E-state index contributed by atoms with van der Waals surface area (Å²) >= 11 is 0. The number of hydrogen-bond donors (Lipinski definition) is 1. The van der Waals surface area contributed by atoms with Crippen LogP contribution < -0.4 is 5.73 Å². The zero-order valence-corrected chi connectivity index (χ0v) is 11.4. The number of benzene rings is 1. The number of nitrogens with two attached hydrogens (primary N) is 1. The quantitative estimate of drug-likeness (QED) is 0.815. The van der Waals surface area contributed by atoms with Crippen LogP contribution in [-0.2, 0) is 6.42 Å². The van der Waals surface area contributed by atoms with Crippen molar-refractivity contribution < 1.29 is 1.43 Å². The normalized spacial score (nSPS) is 19.8. The molecule has 0 aliphatic carbocycles. The van der Waals surface area contributed by atoms with Gasteiger partial charge in [0.05, 0.1) is 0 Å². The van der Waals surface area contributed by atoms with E-state index in [0.29, 0.717) is 0 Å². The molecule has 1 saturated heterocycles. The molecule has 0 radical (unpaired) electrons. The van der Waals surface area contributed by atoms with E-state index in [-0.39, 0.29) is 1.43 Å². The Morgan fingerprint density at radius 2 is 1.94 bits per heavy atom. The summed E-state index contributed by atoms with van der Waals surface area (Å²) in [6.45, 7) is 10.1. The van der Waals surface area contributed by atoms with Crippen LogP contribution in [0.25, 0.3) is 0 Å². The molecule has 1 fully saturated rings. The molecule has 0 saturated carbocycles. The summed E-state index contributed by atoms with van der Waals surface area (Å²) in [5.74, 6) is 0.886. The molecule has 2 N–H and O–H groups in total. The molecular weight excluding hydrogens is 208 g/mol. The predicted molar refractivity (Wildman–Crippen MR) is 78.2 cm³/mol. The summed E-state index contributed by atoms with van der Waals surface area (Å²) in [7, 11) is 0. The summed E-state index contributed by atoms with van der Waals surface area (Å²) in [6.07, 6.45) is 2.51. The SMILES string of the molecule is CC.CC1CCN(CCc2ccc(N)cc2)C1.[HH]. The van der Waals surface area contributed by atoms with Gasteiger partial charge in [-0.3, -0.25) is 0 Å². The Balaban J connectivity index is 0.000000917. The minimum atomic E-state index is 0. The molecule has 1 aliphatic rings. The number of nitrogens with zero attached hydrogens (tertiary/aromatic N) is 1. The highest BCUT2D eigenvalue weighted by atomic mass is 15.1. The second kappa shape index (κ2) is 7.33. The van der Waals surface area contributed by atoms with Gasteiger partial charge < -0.3 is 10.6 Å². The summed E-state index contributed by atoms with van der Waals surface area (Å²) in [4.78, 5) is 2.56. The van der Waals surface area contributed by atoms with E-state index < -0.39 is 0 Å². The lowest BCUT2D eigenvalue weighted by Gasteiger charge is -2.14. The summed E-state index contributed by atoms with van der Waals surface area (Å²) in [5, 5.41) is 0. The van der Waals surface area contributed by atoms with Crippen LogP contribution in [0.15, 0.2) is 24.3 Å². The first-order valence-corrected chi connectivity index (χ1v) is 6.81. The highest BCUT2D eigenvalue weighted by Gasteiger charge is 2.17. The lowest BCUT2D eigenvalue weighted by molar-refractivity contribution is 0.332. The Bertz CT molecular complexity index is 311. The van der Waals surface area contributed by atoms with Crippen molar-refractivity contribution >= 4 is 5.69 Å². The maximum atomic E-state index is 5.65. The molecule has 1 aromatic rings. The first kappa shape index (κ1) is 14.0. The number of rotatable bonds is 3. The van der Waals surface area contributed by atoms with Crippen LogP contribution >= 0.6 is 0 Å². The molecule has 0 bridgehead atoms. The van der Waals surface area contributed by atoms with Gasteiger partial charge in [-0.1, -0.05) is 32.9 Å². The molecule has 2 rings (SSSR count). The van der Waals surface area contributed by atoms with Crippen LogP contribution in [0.5, 0.6) is 0 Å². The van der Waals surface area contributed by atoms with Gasteiger partial charge in [0.2, 0.25) is 0 Å². The molecule has 98 valence electrons. The minimum absolute atomic E-state index is 0. The van der Waals surface area contributed by atoms with E-state index in [4.69, 9.17) is 5.73 Å². The van der Waals surface area contributed by atoms with Gasteiger partial charge in [-0.25, -0.2) is 0 Å². The van der Waals surface area contributed by atoms with Crippen molar-refractivity contribution in [2.24, 2.45) is 5.92 Å². The third-order valence-electron chi connectivity index (χ3n) is 3.20. The number of nitrogen functional groups attached to an aromatic ring is 1. The van der Waals surface area contributed by atoms with Crippen molar-refractivity contribution in [3.05, 3.63) is 29.8 Å². The number of hydrogen-bond acceptors (Lipinski definition) is 2. The van der Waals surface area contributed by atoms with Crippen LogP contribution in [0.4, 0.5) is 5.69 Å². The van der Waals surface area contributed by atoms with Crippen molar-refractivity contribution in [2.45, 2.75) is 33.6 Å². The predicted octanol–water partition coefficient (Wildman–Crippen LogP) is 3.43. The fourth-order valence-corrected chi connectivity index (χ4v) is 2.20. The molecule has 2 heteroatoms. The zero-order valence-electron chi connectivity index (χ0n) is 11.4. The lowest BCUT2D eigenvalue weighted by Crippen LogP contribution is -2.22. The van der Waals surface area contributed by atoms with Gasteiger partial charge in [-0.2, -0.15) is 0 Å². The van der Waals surface area contributed by atoms with Gasteiger partial charge in [0.15, 0.2) is 0 Å². The maximum absolute atomic E-state index is 5.65. The Kier molecular flexibility index (Phi) is 6.06. The minimum Gasteiger partial charge on any atom is -0.399 e. The molecule has 17 heavy (non-hydrogen) atoms. The summed E-state index contributed by atoms with van der Waals surface area (Å²) < 4.78 is 0. The molecule has 0 spiro atoms. The van der Waals surface area contributed by atoms with Crippen LogP contribution in [0.3, 0.4) is 0 Å². The van der Waals surface area contributed by atoms with E-state index in [9.17, 15) is 0 Å². The second-order valence-electron chi connectivity index (χ2n) is 4.69. The monoisotopic (exact) mass is 236 g/mol. The molecule has 0 amide bonds. The number of likely N-dealkylation sites (tertiary alicyclic amines) is 1. The second-order valence-corrected chi connectivity index (χ2v) is 4.69. The first-order valence-electron chi connectivity index (χ1n) is 6.81. The standard InChI is InChI=1S/C13H20N2.C2H6.H2/c1-11-6-8-15(10-11)9-7-12-2-4-13(14)5-3-12;1-2;/h2-5,11H,6-10,14H2,1H3;1-2H3;1H. The van der Waals surface area contributed by atoms with E-state index >= 15 is 0 Å². The molecule has 1 atom stereocenters. The van der Waals surface area contributed by atoms with Gasteiger partial charge in [-0.05, 0) is 43.0 Å². The van der Waals surface area contributed by atoms with E-state index in [2.05, 4.69) is 24.0 Å². The Morgan fingerprint density at radius 1 is 1.29 bits per heavy atom. The topological polar surface area (TPSA) is 29.3 Å². The highest BCUT2D eigenvalue weighted by molar-refractivity contribution is 5.39. The smallest absolute Gasteiger partial charge is 0.0314 e. The molecule has 1 aliphatic heterocycles. The zero-order chi connectivity index (χ0) is 12.7. The van der Waals surface area contributed by atoms with Crippen molar-refractivity contribution in [1.82, 2.24) is 4.90 Å². The third-order valence-corrected chi connectivity index (χ3v) is 3.20. The summed E-state index contributed by atoms with van der Waals surface area (Å²) in [5.41, 5.74) is 7.90. The average molecular weight is 236 g/mol. The van der Waals surface area contributed by atoms with Crippen LogP contribution in [0.2, 0.25) is 0 Å². The molecular formula is C15H28N2. The Labute approximate surface area is 107 Å². The molecule has 2 nitrogen and oxygen atoms in total. The van der Waals surface area contributed by atoms with Gasteiger partial charge in [0.1, 0.15) is 0 Å². The fourth-order valence-electron chi connectivity index (χ4n) is 2.20. The highest BCUT2D eigenvalue weighted by Crippen LogP contribution is 2.15. The Morgan fingerprint density at radius 3 is 2.47 bits per heavy atom. The van der Waals surface area contributed by atoms with E-state index in [1.54, 1.807) is 0 Å². The summed E-state index contributed by atoms with van der Waals surface area (Å²) in [6, 6.07) is 8.24. The van der Waals surface area contributed by atoms with E-state index in [0.717, 1.165) is 18.0 Å². The van der Waals surface area contributed by atoms with Gasteiger partial charge in [-0.15, -0.1) is 0 Å². The Hall–Kier alpha value is -1.02. The third kappa shape index (κ3) is 4.78. The molecule has 1 aromatic carbocycles. The average Bonchev–Trinajstić information content (AvgIpc) is 2.77. The van der Waals surface area contributed by atoms with Crippen LogP contribution in [0, 0.1) is 5.92 Å². The largest absolute Gasteiger partial charge is 0.399 e. The van der Waals surface area contributed by atoms with Crippen molar-refractivity contribution in [1.29, 1.82) is 0 Å². The molecule has 1 unspecified atom stereocenters. The van der Waals surface area contributed by atoms with E-state index in [1.165, 1.54) is 31.6 Å².